The monoisotopic (exact) mass is 298 g/mol. The highest BCUT2D eigenvalue weighted by molar-refractivity contribution is 7.89. The molecule has 0 atom stereocenters. The van der Waals surface area contributed by atoms with Gasteiger partial charge in [0.05, 0.1) is 20.4 Å². The van der Waals surface area contributed by atoms with E-state index in [9.17, 15) is 8.42 Å². The number of hydrogen-bond acceptors (Lipinski definition) is 6. The van der Waals surface area contributed by atoms with Gasteiger partial charge in [0.15, 0.2) is 11.5 Å². The molecule has 7 nitrogen and oxygen atoms in total. The summed E-state index contributed by atoms with van der Waals surface area (Å²) in [5, 5.41) is 3.50. The third kappa shape index (κ3) is 2.91. The lowest BCUT2D eigenvalue weighted by atomic mass is 10.3. The zero-order valence-corrected chi connectivity index (χ0v) is 11.8. The second-order valence-corrected chi connectivity index (χ2v) is 5.58. The molecule has 2 aromatic rings. The zero-order chi connectivity index (χ0) is 14.6. The van der Waals surface area contributed by atoms with Gasteiger partial charge >= 0.3 is 0 Å². The molecular formula is C12H14N2O5S. The SMILES string of the molecule is COc1cccc(S(=O)(=O)NCc2cnoc2)c1OC. The molecule has 0 bridgehead atoms. The van der Waals surface area contributed by atoms with Crippen molar-refractivity contribution in [3.05, 3.63) is 36.2 Å². The van der Waals surface area contributed by atoms with E-state index in [1.807, 2.05) is 0 Å². The van der Waals surface area contributed by atoms with Gasteiger partial charge in [-0.15, -0.1) is 0 Å². The Balaban J connectivity index is 2.29. The summed E-state index contributed by atoms with van der Waals surface area (Å²) in [4.78, 5) is 0.0100. The van der Waals surface area contributed by atoms with Crippen LogP contribution in [0.4, 0.5) is 0 Å². The van der Waals surface area contributed by atoms with Gasteiger partial charge in [0, 0.05) is 12.1 Å². The van der Waals surface area contributed by atoms with E-state index in [0.29, 0.717) is 11.3 Å². The quantitative estimate of drug-likeness (QED) is 0.861. The molecule has 0 aliphatic rings. The molecule has 108 valence electrons. The van der Waals surface area contributed by atoms with Gasteiger partial charge in [-0.25, -0.2) is 13.1 Å². The number of para-hydroxylation sites is 1. The Hall–Kier alpha value is -2.06. The Morgan fingerprint density at radius 3 is 2.70 bits per heavy atom. The van der Waals surface area contributed by atoms with E-state index >= 15 is 0 Å². The standard InChI is InChI=1S/C12H14N2O5S/c1-17-10-4-3-5-11(12(10)18-2)20(15,16)14-7-9-6-13-19-8-9/h3-6,8,14H,7H2,1-2H3. The predicted molar refractivity (Wildman–Crippen MR) is 70.1 cm³/mol. The van der Waals surface area contributed by atoms with Crippen LogP contribution in [0.3, 0.4) is 0 Å². The maximum Gasteiger partial charge on any atom is 0.244 e. The number of nitrogens with zero attached hydrogens (tertiary/aromatic N) is 1. The van der Waals surface area contributed by atoms with Crippen LogP contribution in [0.15, 0.2) is 40.1 Å². The Morgan fingerprint density at radius 2 is 2.10 bits per heavy atom. The maximum absolute atomic E-state index is 12.3. The number of methoxy groups -OCH3 is 2. The Morgan fingerprint density at radius 1 is 1.30 bits per heavy atom. The number of benzene rings is 1. The lowest BCUT2D eigenvalue weighted by Crippen LogP contribution is -2.23. The smallest absolute Gasteiger partial charge is 0.244 e. The van der Waals surface area contributed by atoms with Crippen LogP contribution in [-0.2, 0) is 16.6 Å². The molecule has 0 aliphatic heterocycles. The van der Waals surface area contributed by atoms with E-state index < -0.39 is 10.0 Å². The van der Waals surface area contributed by atoms with Crippen LogP contribution in [0, 0.1) is 0 Å². The van der Waals surface area contributed by atoms with Gasteiger partial charge in [0.1, 0.15) is 11.2 Å². The molecule has 1 aromatic heterocycles. The van der Waals surface area contributed by atoms with Gasteiger partial charge in [-0.05, 0) is 12.1 Å². The van der Waals surface area contributed by atoms with Crippen LogP contribution in [0.5, 0.6) is 11.5 Å². The van der Waals surface area contributed by atoms with E-state index in [4.69, 9.17) is 9.47 Å². The lowest BCUT2D eigenvalue weighted by Gasteiger charge is -2.13. The van der Waals surface area contributed by atoms with Gasteiger partial charge in [-0.1, -0.05) is 11.2 Å². The van der Waals surface area contributed by atoms with Crippen molar-refractivity contribution in [3.63, 3.8) is 0 Å². The molecule has 0 saturated heterocycles. The molecule has 1 heterocycles. The highest BCUT2D eigenvalue weighted by atomic mass is 32.2. The molecule has 0 aliphatic carbocycles. The first-order chi connectivity index (χ1) is 9.58. The van der Waals surface area contributed by atoms with Crippen molar-refractivity contribution in [1.82, 2.24) is 9.88 Å². The third-order valence-corrected chi connectivity index (χ3v) is 4.03. The van der Waals surface area contributed by atoms with Crippen LogP contribution in [-0.4, -0.2) is 27.8 Å². The molecule has 0 saturated carbocycles. The molecule has 1 N–H and O–H groups in total. The fraction of sp³-hybridized carbons (Fsp3) is 0.250. The predicted octanol–water partition coefficient (Wildman–Crippen LogP) is 1.17. The molecule has 0 radical (unpaired) electrons. The molecular weight excluding hydrogens is 284 g/mol. The average Bonchev–Trinajstić information content (AvgIpc) is 2.97. The molecule has 20 heavy (non-hydrogen) atoms. The normalized spacial score (nSPS) is 11.3. The van der Waals surface area contributed by atoms with Crippen molar-refractivity contribution in [2.24, 2.45) is 0 Å². The van der Waals surface area contributed by atoms with Crippen molar-refractivity contribution >= 4 is 10.0 Å². The van der Waals surface area contributed by atoms with Crippen LogP contribution >= 0.6 is 0 Å². The van der Waals surface area contributed by atoms with Gasteiger partial charge in [0.2, 0.25) is 10.0 Å². The Labute approximate surface area is 116 Å². The van der Waals surface area contributed by atoms with Gasteiger partial charge in [-0.3, -0.25) is 0 Å². The number of hydrogen-bond donors (Lipinski definition) is 1. The summed E-state index contributed by atoms with van der Waals surface area (Å²) in [5.74, 6) is 0.508. The topological polar surface area (TPSA) is 90.7 Å². The first-order valence-corrected chi connectivity index (χ1v) is 7.15. The molecule has 0 amide bonds. The molecule has 0 spiro atoms. The second kappa shape index (κ2) is 5.93. The Bertz CT molecular complexity index is 667. The maximum atomic E-state index is 12.3. The highest BCUT2D eigenvalue weighted by Crippen LogP contribution is 2.33. The first-order valence-electron chi connectivity index (χ1n) is 5.67. The van der Waals surface area contributed by atoms with Crippen molar-refractivity contribution in [3.8, 4) is 11.5 Å². The highest BCUT2D eigenvalue weighted by Gasteiger charge is 2.22. The minimum Gasteiger partial charge on any atom is -0.493 e. The average molecular weight is 298 g/mol. The number of rotatable bonds is 6. The molecule has 0 unspecified atom stereocenters. The van der Waals surface area contributed by atoms with Crippen LogP contribution in [0.25, 0.3) is 0 Å². The second-order valence-electron chi connectivity index (χ2n) is 3.85. The summed E-state index contributed by atoms with van der Waals surface area (Å²) < 4.78 is 41.8. The number of nitrogens with one attached hydrogen (secondary N) is 1. The van der Waals surface area contributed by atoms with Crippen LogP contribution in [0.2, 0.25) is 0 Å². The zero-order valence-electron chi connectivity index (χ0n) is 11.0. The van der Waals surface area contributed by atoms with Crippen molar-refractivity contribution in [2.45, 2.75) is 11.4 Å². The molecule has 2 rings (SSSR count). The summed E-state index contributed by atoms with van der Waals surface area (Å²) in [7, 11) is -0.907. The van der Waals surface area contributed by atoms with Crippen molar-refractivity contribution < 1.29 is 22.4 Å². The van der Waals surface area contributed by atoms with Gasteiger partial charge < -0.3 is 14.0 Å². The van der Waals surface area contributed by atoms with Crippen LogP contribution in [0.1, 0.15) is 5.56 Å². The van der Waals surface area contributed by atoms with E-state index in [0.717, 1.165) is 0 Å². The largest absolute Gasteiger partial charge is 0.493 e. The fourth-order valence-electron chi connectivity index (χ4n) is 1.64. The number of aromatic nitrogens is 1. The number of ether oxygens (including phenoxy) is 2. The minimum atomic E-state index is -3.74. The summed E-state index contributed by atoms with van der Waals surface area (Å²) in [6, 6.07) is 4.64. The fourth-order valence-corrected chi connectivity index (χ4v) is 2.84. The molecule has 0 fully saturated rings. The molecule has 8 heteroatoms. The summed E-state index contributed by atoms with van der Waals surface area (Å²) >= 11 is 0. The van der Waals surface area contributed by atoms with E-state index in [1.54, 1.807) is 12.1 Å². The van der Waals surface area contributed by atoms with E-state index in [2.05, 4.69) is 14.4 Å². The van der Waals surface area contributed by atoms with Gasteiger partial charge in [-0.2, -0.15) is 0 Å². The van der Waals surface area contributed by atoms with Gasteiger partial charge in [0.25, 0.3) is 0 Å². The third-order valence-electron chi connectivity index (χ3n) is 2.61. The first kappa shape index (κ1) is 14.4. The Kier molecular flexibility index (Phi) is 4.26. The summed E-state index contributed by atoms with van der Waals surface area (Å²) in [5.41, 5.74) is 0.621. The van der Waals surface area contributed by atoms with E-state index in [-0.39, 0.29) is 17.2 Å². The molecule has 1 aromatic carbocycles. The minimum absolute atomic E-state index is 0.0100. The van der Waals surface area contributed by atoms with Crippen LogP contribution < -0.4 is 14.2 Å². The van der Waals surface area contributed by atoms with E-state index in [1.165, 1.54) is 32.7 Å². The summed E-state index contributed by atoms with van der Waals surface area (Å²) in [6.45, 7) is 0.0756. The lowest BCUT2D eigenvalue weighted by molar-refractivity contribution is 0.346. The van der Waals surface area contributed by atoms with Crippen molar-refractivity contribution in [2.75, 3.05) is 14.2 Å². The van der Waals surface area contributed by atoms with Crippen molar-refractivity contribution in [1.29, 1.82) is 0 Å². The summed E-state index contributed by atoms with van der Waals surface area (Å²) in [6.07, 6.45) is 2.80. The number of sulfonamides is 1.